The van der Waals surface area contributed by atoms with Gasteiger partial charge in [0.15, 0.2) is 0 Å². The van der Waals surface area contributed by atoms with E-state index in [2.05, 4.69) is 278 Å². The molecule has 0 aliphatic heterocycles. The Balaban J connectivity index is 0.919. The van der Waals surface area contributed by atoms with Gasteiger partial charge in [0.2, 0.25) is 0 Å². The van der Waals surface area contributed by atoms with Crippen LogP contribution in [-0.2, 0) is 0 Å². The number of hydrogen-bond acceptors (Lipinski definition) is 2. The molecule has 12 aromatic carbocycles. The zero-order chi connectivity index (χ0) is 46.4. The maximum absolute atomic E-state index is 6.81. The highest BCUT2D eigenvalue weighted by atomic mass is 16.3. The molecule has 0 N–H and O–H groups in total. The molecule has 2 nitrogen and oxygen atoms in total. The second kappa shape index (κ2) is 17.4. The first-order chi connectivity index (χ1) is 34.7. The molecule has 1 aromatic heterocycles. The summed E-state index contributed by atoms with van der Waals surface area (Å²) in [6.45, 7) is 0. The Hall–Kier alpha value is -9.24. The van der Waals surface area contributed by atoms with E-state index in [1.54, 1.807) is 0 Å². The van der Waals surface area contributed by atoms with Gasteiger partial charge in [-0.15, -0.1) is 0 Å². The molecule has 70 heavy (non-hydrogen) atoms. The number of rotatable bonds is 9. The van der Waals surface area contributed by atoms with Gasteiger partial charge in [-0.25, -0.2) is 0 Å². The van der Waals surface area contributed by atoms with Crippen molar-refractivity contribution in [2.24, 2.45) is 0 Å². The Morgan fingerprint density at radius 1 is 0.257 bits per heavy atom. The Labute approximate surface area is 407 Å². The van der Waals surface area contributed by atoms with Gasteiger partial charge < -0.3 is 9.32 Å². The first-order valence-electron chi connectivity index (χ1n) is 24.0. The van der Waals surface area contributed by atoms with E-state index in [1.807, 2.05) is 0 Å². The molecular formula is C68H45NO. The lowest BCUT2D eigenvalue weighted by Gasteiger charge is -2.27. The number of fused-ring (bicyclic) bond motifs is 5. The SMILES string of the molecule is c1ccc(-c2ccc(N(c3ccc(-c4ccc(-c5cccc6ccccc56)cc4)cc3)c3ccc(-c4ccccc4-c4ccccc4-c4ccc5ccccc5c4)cc3)c3c2oc2ccccc23)cc1. The normalized spacial score (nSPS) is 11.4. The minimum Gasteiger partial charge on any atom is -0.455 e. The van der Waals surface area contributed by atoms with Crippen molar-refractivity contribution in [3.63, 3.8) is 0 Å². The summed E-state index contributed by atoms with van der Waals surface area (Å²) in [6.07, 6.45) is 0. The molecule has 0 aliphatic rings. The molecular weight excluding hydrogens is 847 g/mol. The van der Waals surface area contributed by atoms with Crippen molar-refractivity contribution in [3.8, 4) is 66.8 Å². The Bertz CT molecular complexity index is 4030. The molecule has 0 spiro atoms. The van der Waals surface area contributed by atoms with Gasteiger partial charge in [-0.2, -0.15) is 0 Å². The second-order valence-electron chi connectivity index (χ2n) is 18.0. The summed E-state index contributed by atoms with van der Waals surface area (Å²) >= 11 is 0. The summed E-state index contributed by atoms with van der Waals surface area (Å²) < 4.78 is 6.81. The lowest BCUT2D eigenvalue weighted by atomic mass is 9.89. The van der Waals surface area contributed by atoms with Crippen molar-refractivity contribution in [1.29, 1.82) is 0 Å². The zero-order valence-electron chi connectivity index (χ0n) is 38.3. The Kier molecular flexibility index (Phi) is 10.2. The summed E-state index contributed by atoms with van der Waals surface area (Å²) in [5.74, 6) is 0. The first-order valence-corrected chi connectivity index (χ1v) is 24.0. The van der Waals surface area contributed by atoms with Crippen molar-refractivity contribution in [2.45, 2.75) is 0 Å². The molecule has 13 rings (SSSR count). The molecule has 13 aromatic rings. The summed E-state index contributed by atoms with van der Waals surface area (Å²) in [5.41, 5.74) is 19.0. The van der Waals surface area contributed by atoms with E-state index in [9.17, 15) is 0 Å². The van der Waals surface area contributed by atoms with Crippen LogP contribution in [0.3, 0.4) is 0 Å². The van der Waals surface area contributed by atoms with Gasteiger partial charge in [0.1, 0.15) is 11.2 Å². The third kappa shape index (κ3) is 7.31. The van der Waals surface area contributed by atoms with E-state index >= 15 is 0 Å². The van der Waals surface area contributed by atoms with Crippen LogP contribution in [0.5, 0.6) is 0 Å². The molecule has 0 radical (unpaired) electrons. The van der Waals surface area contributed by atoms with E-state index in [0.29, 0.717) is 0 Å². The Morgan fingerprint density at radius 3 is 1.44 bits per heavy atom. The van der Waals surface area contributed by atoms with Crippen molar-refractivity contribution < 1.29 is 4.42 Å². The van der Waals surface area contributed by atoms with Gasteiger partial charge in [0, 0.05) is 22.3 Å². The zero-order valence-corrected chi connectivity index (χ0v) is 38.3. The van der Waals surface area contributed by atoms with Crippen LogP contribution in [0.1, 0.15) is 0 Å². The quantitative estimate of drug-likeness (QED) is 0.144. The van der Waals surface area contributed by atoms with Crippen LogP contribution in [-0.4, -0.2) is 0 Å². The lowest BCUT2D eigenvalue weighted by molar-refractivity contribution is 0.670. The Morgan fingerprint density at radius 2 is 0.729 bits per heavy atom. The number of furan rings is 1. The largest absolute Gasteiger partial charge is 0.455 e. The van der Waals surface area contributed by atoms with Crippen LogP contribution in [0.15, 0.2) is 277 Å². The maximum atomic E-state index is 6.81. The predicted molar refractivity (Wildman–Crippen MR) is 296 cm³/mol. The average molecular weight is 892 g/mol. The lowest BCUT2D eigenvalue weighted by Crippen LogP contribution is -2.10. The minimum absolute atomic E-state index is 0.861. The van der Waals surface area contributed by atoms with Gasteiger partial charge in [-0.1, -0.05) is 224 Å². The highest BCUT2D eigenvalue weighted by molar-refractivity contribution is 6.17. The molecule has 0 bridgehead atoms. The number of nitrogens with zero attached hydrogens (tertiary/aromatic N) is 1. The number of anilines is 3. The molecule has 0 saturated carbocycles. The fourth-order valence-corrected chi connectivity index (χ4v) is 10.5. The van der Waals surface area contributed by atoms with Gasteiger partial charge in [0.05, 0.1) is 11.1 Å². The van der Waals surface area contributed by atoms with E-state index < -0.39 is 0 Å². The van der Waals surface area contributed by atoms with Crippen LogP contribution >= 0.6 is 0 Å². The molecule has 0 saturated heterocycles. The van der Waals surface area contributed by atoms with Gasteiger partial charge in [-0.05, 0) is 131 Å². The summed E-state index contributed by atoms with van der Waals surface area (Å²) in [4.78, 5) is 2.39. The van der Waals surface area contributed by atoms with E-state index in [4.69, 9.17) is 4.42 Å². The standard InChI is InChI=1S/C68H45NO/c1-2-16-50(17-3-1)61-43-44-65(67-64-26-12-13-28-66(64)70-68(61)67)69(55-39-35-48(36-40-55)47-29-32-51(33-30-47)58-27-14-20-49-18-6-7-21-57(49)58)56-41-37-52(38-42-56)59-22-8-10-24-62(59)63-25-11-9-23-60(63)54-34-31-46-15-4-5-19-53(46)45-54/h1-45H. The average Bonchev–Trinajstić information content (AvgIpc) is 3.84. The second-order valence-corrected chi connectivity index (χ2v) is 18.0. The van der Waals surface area contributed by atoms with Gasteiger partial charge in [0.25, 0.3) is 0 Å². The van der Waals surface area contributed by atoms with Crippen LogP contribution in [0.4, 0.5) is 17.1 Å². The minimum atomic E-state index is 0.861. The fraction of sp³-hybridized carbons (Fsp3) is 0. The first kappa shape index (κ1) is 41.0. The monoisotopic (exact) mass is 891 g/mol. The molecule has 0 fully saturated rings. The summed E-state index contributed by atoms with van der Waals surface area (Å²) in [5, 5.41) is 7.14. The molecule has 0 unspecified atom stereocenters. The number of hydrogen-bond donors (Lipinski definition) is 0. The van der Waals surface area contributed by atoms with Gasteiger partial charge >= 0.3 is 0 Å². The molecule has 0 atom stereocenters. The van der Waals surface area contributed by atoms with Gasteiger partial charge in [-0.3, -0.25) is 0 Å². The third-order valence-corrected chi connectivity index (χ3v) is 13.9. The van der Waals surface area contributed by atoms with Crippen molar-refractivity contribution in [3.05, 3.63) is 273 Å². The third-order valence-electron chi connectivity index (χ3n) is 13.9. The summed E-state index contributed by atoms with van der Waals surface area (Å²) in [7, 11) is 0. The smallest absolute Gasteiger partial charge is 0.145 e. The summed E-state index contributed by atoms with van der Waals surface area (Å²) in [6, 6.07) is 98.5. The van der Waals surface area contributed by atoms with Crippen molar-refractivity contribution >= 4 is 60.5 Å². The highest BCUT2D eigenvalue weighted by Gasteiger charge is 2.23. The molecule has 0 aliphatic carbocycles. The van der Waals surface area contributed by atoms with Crippen LogP contribution in [0, 0.1) is 0 Å². The topological polar surface area (TPSA) is 16.4 Å². The molecule has 328 valence electrons. The maximum Gasteiger partial charge on any atom is 0.145 e. The van der Waals surface area contributed by atoms with E-state index in [0.717, 1.165) is 61.3 Å². The molecule has 0 amide bonds. The van der Waals surface area contributed by atoms with E-state index in [-0.39, 0.29) is 0 Å². The predicted octanol–water partition coefficient (Wildman–Crippen LogP) is 19.4. The molecule has 2 heteroatoms. The van der Waals surface area contributed by atoms with Crippen molar-refractivity contribution in [2.75, 3.05) is 4.90 Å². The van der Waals surface area contributed by atoms with Crippen LogP contribution in [0.2, 0.25) is 0 Å². The van der Waals surface area contributed by atoms with E-state index in [1.165, 1.54) is 66.1 Å². The van der Waals surface area contributed by atoms with Crippen LogP contribution in [0.25, 0.3) is 110 Å². The van der Waals surface area contributed by atoms with Crippen molar-refractivity contribution in [1.82, 2.24) is 0 Å². The highest BCUT2D eigenvalue weighted by Crippen LogP contribution is 2.47. The number of para-hydroxylation sites is 1. The molecule has 1 heterocycles. The fourth-order valence-electron chi connectivity index (χ4n) is 10.5. The number of benzene rings is 12. The van der Waals surface area contributed by atoms with Crippen LogP contribution < -0.4 is 4.90 Å².